The van der Waals surface area contributed by atoms with Crippen molar-refractivity contribution in [3.63, 3.8) is 0 Å². The molecule has 0 aromatic heterocycles. The van der Waals surface area contributed by atoms with Crippen LogP contribution in [0.2, 0.25) is 0 Å². The molecule has 3 rings (SSSR count). The maximum Gasteiger partial charge on any atom is 0.127 e. The number of fused-ring (bicyclic) bond motifs is 1. The number of nitrogens with zero attached hydrogens (tertiary/aromatic N) is 1. The average molecular weight is 284 g/mol. The molecular formula is C16H13FN2O2. The van der Waals surface area contributed by atoms with Gasteiger partial charge < -0.3 is 15.2 Å². The van der Waals surface area contributed by atoms with Gasteiger partial charge in [0.05, 0.1) is 17.7 Å². The number of nitrogens with two attached hydrogens (primary N) is 1. The van der Waals surface area contributed by atoms with Gasteiger partial charge in [-0.3, -0.25) is 0 Å². The van der Waals surface area contributed by atoms with Crippen molar-refractivity contribution in [2.24, 2.45) is 5.73 Å². The van der Waals surface area contributed by atoms with Crippen molar-refractivity contribution in [2.45, 2.75) is 12.6 Å². The summed E-state index contributed by atoms with van der Waals surface area (Å²) >= 11 is 0. The van der Waals surface area contributed by atoms with E-state index < -0.39 is 5.82 Å². The third kappa shape index (κ3) is 2.67. The van der Waals surface area contributed by atoms with Crippen LogP contribution in [0, 0.1) is 17.1 Å². The zero-order chi connectivity index (χ0) is 14.8. The second-order valence-electron chi connectivity index (χ2n) is 4.82. The summed E-state index contributed by atoms with van der Waals surface area (Å²) in [4.78, 5) is 0. The van der Waals surface area contributed by atoms with Crippen LogP contribution in [-0.4, -0.2) is 6.61 Å². The lowest BCUT2D eigenvalue weighted by Gasteiger charge is -2.09. The van der Waals surface area contributed by atoms with Gasteiger partial charge in [0, 0.05) is 17.2 Å². The van der Waals surface area contributed by atoms with Crippen molar-refractivity contribution in [2.75, 3.05) is 6.61 Å². The van der Waals surface area contributed by atoms with E-state index in [1.54, 1.807) is 12.1 Å². The van der Waals surface area contributed by atoms with E-state index in [1.165, 1.54) is 18.2 Å². The Bertz CT molecular complexity index is 725. The molecule has 2 aromatic rings. The standard InChI is InChI=1S/C16H13FN2O2/c17-12-2-1-10(7-18)11(5-12)8-20-13-3-4-14-15(19)9-21-16(14)6-13/h1-6,15H,8-9,19H2. The Morgan fingerprint density at radius 2 is 2.19 bits per heavy atom. The first-order valence-electron chi connectivity index (χ1n) is 6.51. The van der Waals surface area contributed by atoms with Crippen LogP contribution < -0.4 is 15.2 Å². The second kappa shape index (κ2) is 5.43. The summed E-state index contributed by atoms with van der Waals surface area (Å²) in [7, 11) is 0. The Morgan fingerprint density at radius 1 is 1.33 bits per heavy atom. The van der Waals surface area contributed by atoms with Gasteiger partial charge in [0.2, 0.25) is 0 Å². The van der Waals surface area contributed by atoms with E-state index in [4.69, 9.17) is 20.5 Å². The molecule has 0 spiro atoms. The van der Waals surface area contributed by atoms with E-state index in [2.05, 4.69) is 0 Å². The molecule has 0 aliphatic carbocycles. The molecule has 4 nitrogen and oxygen atoms in total. The minimum Gasteiger partial charge on any atom is -0.491 e. The number of halogens is 1. The number of nitriles is 1. The fourth-order valence-corrected chi connectivity index (χ4v) is 2.26. The molecule has 2 aromatic carbocycles. The van der Waals surface area contributed by atoms with Gasteiger partial charge in [-0.2, -0.15) is 5.26 Å². The van der Waals surface area contributed by atoms with Crippen LogP contribution in [-0.2, 0) is 6.61 Å². The van der Waals surface area contributed by atoms with Crippen LogP contribution in [0.3, 0.4) is 0 Å². The highest BCUT2D eigenvalue weighted by molar-refractivity contribution is 5.45. The third-order valence-corrected chi connectivity index (χ3v) is 3.38. The van der Waals surface area contributed by atoms with E-state index in [1.807, 2.05) is 12.1 Å². The molecular weight excluding hydrogens is 271 g/mol. The zero-order valence-corrected chi connectivity index (χ0v) is 11.2. The fraction of sp³-hybridized carbons (Fsp3) is 0.188. The molecule has 0 saturated carbocycles. The highest BCUT2D eigenvalue weighted by atomic mass is 19.1. The first-order chi connectivity index (χ1) is 10.2. The van der Waals surface area contributed by atoms with Gasteiger partial charge in [0.25, 0.3) is 0 Å². The Hall–Kier alpha value is -2.58. The molecule has 0 saturated heterocycles. The Morgan fingerprint density at radius 3 is 3.00 bits per heavy atom. The predicted molar refractivity (Wildman–Crippen MR) is 74.3 cm³/mol. The van der Waals surface area contributed by atoms with Gasteiger partial charge in [0.15, 0.2) is 0 Å². The molecule has 0 bridgehead atoms. The average Bonchev–Trinajstić information content (AvgIpc) is 2.86. The quantitative estimate of drug-likeness (QED) is 0.940. The Labute approximate surface area is 121 Å². The van der Waals surface area contributed by atoms with Crippen molar-refractivity contribution in [3.8, 4) is 17.6 Å². The molecule has 1 heterocycles. The van der Waals surface area contributed by atoms with Crippen LogP contribution in [0.5, 0.6) is 11.5 Å². The van der Waals surface area contributed by atoms with E-state index in [9.17, 15) is 4.39 Å². The molecule has 1 aliphatic rings. The smallest absolute Gasteiger partial charge is 0.127 e. The summed E-state index contributed by atoms with van der Waals surface area (Å²) < 4.78 is 24.3. The molecule has 21 heavy (non-hydrogen) atoms. The molecule has 0 fully saturated rings. The van der Waals surface area contributed by atoms with Gasteiger partial charge >= 0.3 is 0 Å². The van der Waals surface area contributed by atoms with Crippen LogP contribution in [0.15, 0.2) is 36.4 Å². The molecule has 1 unspecified atom stereocenters. The Balaban J connectivity index is 1.77. The molecule has 106 valence electrons. The van der Waals surface area contributed by atoms with E-state index in [-0.39, 0.29) is 12.6 Å². The predicted octanol–water partition coefficient (Wildman–Crippen LogP) is 2.67. The zero-order valence-electron chi connectivity index (χ0n) is 11.2. The van der Waals surface area contributed by atoms with Gasteiger partial charge in [-0.05, 0) is 30.3 Å². The minimum atomic E-state index is -0.393. The summed E-state index contributed by atoms with van der Waals surface area (Å²) in [5.41, 5.74) is 7.73. The van der Waals surface area contributed by atoms with E-state index in [0.29, 0.717) is 29.2 Å². The Kier molecular flexibility index (Phi) is 3.46. The summed E-state index contributed by atoms with van der Waals surface area (Å²) in [5.74, 6) is 0.909. The summed E-state index contributed by atoms with van der Waals surface area (Å²) in [5, 5.41) is 9.00. The molecule has 0 radical (unpaired) electrons. The minimum absolute atomic E-state index is 0.109. The summed E-state index contributed by atoms with van der Waals surface area (Å²) in [6.45, 7) is 0.576. The second-order valence-corrected chi connectivity index (χ2v) is 4.82. The van der Waals surface area contributed by atoms with E-state index >= 15 is 0 Å². The fourth-order valence-electron chi connectivity index (χ4n) is 2.26. The van der Waals surface area contributed by atoms with Crippen LogP contribution >= 0.6 is 0 Å². The maximum absolute atomic E-state index is 13.2. The molecule has 0 amide bonds. The van der Waals surface area contributed by atoms with Crippen molar-refractivity contribution in [1.29, 1.82) is 5.26 Å². The first-order valence-corrected chi connectivity index (χ1v) is 6.51. The number of ether oxygens (including phenoxy) is 2. The number of hydrogen-bond acceptors (Lipinski definition) is 4. The third-order valence-electron chi connectivity index (χ3n) is 3.38. The van der Waals surface area contributed by atoms with Crippen molar-refractivity contribution in [3.05, 3.63) is 58.9 Å². The number of benzene rings is 2. The molecule has 1 aliphatic heterocycles. The van der Waals surface area contributed by atoms with Crippen LogP contribution in [0.25, 0.3) is 0 Å². The summed E-state index contributed by atoms with van der Waals surface area (Å²) in [6.07, 6.45) is 0. The lowest BCUT2D eigenvalue weighted by Crippen LogP contribution is -2.10. The lowest BCUT2D eigenvalue weighted by molar-refractivity contribution is 0.300. The van der Waals surface area contributed by atoms with Crippen LogP contribution in [0.1, 0.15) is 22.7 Å². The lowest BCUT2D eigenvalue weighted by atomic mass is 10.1. The number of rotatable bonds is 3. The normalized spacial score (nSPS) is 16.0. The van der Waals surface area contributed by atoms with Crippen molar-refractivity contribution < 1.29 is 13.9 Å². The van der Waals surface area contributed by atoms with Crippen molar-refractivity contribution in [1.82, 2.24) is 0 Å². The van der Waals surface area contributed by atoms with Crippen LogP contribution in [0.4, 0.5) is 4.39 Å². The van der Waals surface area contributed by atoms with Gasteiger partial charge in [-0.1, -0.05) is 0 Å². The van der Waals surface area contributed by atoms with Gasteiger partial charge in [-0.25, -0.2) is 4.39 Å². The molecule has 5 heteroatoms. The van der Waals surface area contributed by atoms with Gasteiger partial charge in [-0.15, -0.1) is 0 Å². The highest BCUT2D eigenvalue weighted by Gasteiger charge is 2.20. The molecule has 2 N–H and O–H groups in total. The van der Waals surface area contributed by atoms with E-state index in [0.717, 1.165) is 5.56 Å². The number of hydrogen-bond donors (Lipinski definition) is 1. The summed E-state index contributed by atoms with van der Waals surface area (Å²) in [6, 6.07) is 11.3. The SMILES string of the molecule is N#Cc1ccc(F)cc1COc1ccc2c(c1)OCC2N. The topological polar surface area (TPSA) is 68.3 Å². The molecule has 1 atom stereocenters. The largest absolute Gasteiger partial charge is 0.491 e. The highest BCUT2D eigenvalue weighted by Crippen LogP contribution is 2.34. The first kappa shape index (κ1) is 13.4. The monoisotopic (exact) mass is 284 g/mol. The van der Waals surface area contributed by atoms with Crippen molar-refractivity contribution >= 4 is 0 Å². The maximum atomic E-state index is 13.2. The van der Waals surface area contributed by atoms with Gasteiger partial charge in [0.1, 0.15) is 30.5 Å².